The van der Waals surface area contributed by atoms with Crippen LogP contribution in [0.1, 0.15) is 23.6 Å². The number of carbonyl (C=O) groups excluding carboxylic acids is 2. The van der Waals surface area contributed by atoms with Crippen molar-refractivity contribution in [3.8, 4) is 0 Å². The normalized spacial score (nSPS) is 11.5. The van der Waals surface area contributed by atoms with E-state index in [-0.39, 0.29) is 18.9 Å². The lowest BCUT2D eigenvalue weighted by Gasteiger charge is -2.22. The molecule has 1 aromatic rings. The van der Waals surface area contributed by atoms with E-state index in [0.29, 0.717) is 6.54 Å². The third-order valence-electron chi connectivity index (χ3n) is 3.94. The summed E-state index contributed by atoms with van der Waals surface area (Å²) in [6.45, 7) is 9.32. The van der Waals surface area contributed by atoms with Crippen molar-refractivity contribution < 1.29 is 19.6 Å². The Hall–Kier alpha value is -2.12. The minimum absolute atomic E-state index is 0.155. The van der Waals surface area contributed by atoms with Gasteiger partial charge in [-0.3, -0.25) is 9.59 Å². The molecule has 0 radical (unpaired) electrons. The summed E-state index contributed by atoms with van der Waals surface area (Å²) in [5.74, 6) is -1.64. The molecule has 7 heteroatoms. The zero-order chi connectivity index (χ0) is 18.3. The number of benzene rings is 1. The number of nitrogens with one attached hydrogen (secondary N) is 1. The second-order valence-electron chi connectivity index (χ2n) is 5.77. The van der Waals surface area contributed by atoms with Gasteiger partial charge in [0.05, 0.1) is 12.5 Å². The van der Waals surface area contributed by atoms with E-state index in [2.05, 4.69) is 11.9 Å². The summed E-state index contributed by atoms with van der Waals surface area (Å²) in [6, 6.07) is 5.80. The lowest BCUT2D eigenvalue weighted by atomic mass is 9.75. The standard InChI is InChI=1S/C17H25BN2O4/c1-5-17(22)20(6-2)11-16(21)19-15(18(23)24)10-14-8-7-12(3)13(4)9-14/h5,7-9,15,23-24H,1,6,10-11H2,2-4H3,(H,19,21)/t15-/m0/s1. The Morgan fingerprint density at radius 3 is 2.50 bits per heavy atom. The summed E-state index contributed by atoms with van der Waals surface area (Å²) >= 11 is 0. The molecule has 0 aliphatic heterocycles. The molecule has 6 nitrogen and oxygen atoms in total. The van der Waals surface area contributed by atoms with Crippen LogP contribution in [0.5, 0.6) is 0 Å². The topological polar surface area (TPSA) is 89.9 Å². The molecule has 130 valence electrons. The summed E-state index contributed by atoms with van der Waals surface area (Å²) in [5, 5.41) is 21.6. The van der Waals surface area contributed by atoms with Gasteiger partial charge in [0.25, 0.3) is 0 Å². The molecule has 1 aromatic carbocycles. The maximum atomic E-state index is 12.1. The maximum Gasteiger partial charge on any atom is 0.475 e. The molecule has 0 unspecified atom stereocenters. The van der Waals surface area contributed by atoms with Crippen LogP contribution < -0.4 is 5.32 Å². The fourth-order valence-electron chi connectivity index (χ4n) is 2.32. The van der Waals surface area contributed by atoms with Gasteiger partial charge in [-0.1, -0.05) is 24.8 Å². The zero-order valence-corrected chi connectivity index (χ0v) is 14.5. The number of hydrogen-bond acceptors (Lipinski definition) is 4. The largest absolute Gasteiger partial charge is 0.475 e. The van der Waals surface area contributed by atoms with E-state index >= 15 is 0 Å². The lowest BCUT2D eigenvalue weighted by molar-refractivity contribution is -0.132. The summed E-state index contributed by atoms with van der Waals surface area (Å²) in [5.41, 5.74) is 3.13. The van der Waals surface area contributed by atoms with Crippen LogP contribution in [0.2, 0.25) is 0 Å². The highest BCUT2D eigenvalue weighted by molar-refractivity contribution is 6.43. The van der Waals surface area contributed by atoms with Crippen molar-refractivity contribution in [1.29, 1.82) is 0 Å². The van der Waals surface area contributed by atoms with Gasteiger partial charge in [0.15, 0.2) is 0 Å². The molecule has 1 atom stereocenters. The number of nitrogens with zero attached hydrogens (tertiary/aromatic N) is 1. The van der Waals surface area contributed by atoms with Crippen molar-refractivity contribution >= 4 is 18.9 Å². The van der Waals surface area contributed by atoms with Crippen LogP contribution in [0.25, 0.3) is 0 Å². The summed E-state index contributed by atoms with van der Waals surface area (Å²) < 4.78 is 0. The van der Waals surface area contributed by atoms with Crippen LogP contribution >= 0.6 is 0 Å². The third-order valence-corrected chi connectivity index (χ3v) is 3.94. The summed E-state index contributed by atoms with van der Waals surface area (Å²) in [4.78, 5) is 25.0. The highest BCUT2D eigenvalue weighted by Gasteiger charge is 2.26. The summed E-state index contributed by atoms with van der Waals surface area (Å²) in [6.07, 6.45) is 1.43. The molecule has 2 amide bonds. The van der Waals surface area contributed by atoms with E-state index in [9.17, 15) is 19.6 Å². The van der Waals surface area contributed by atoms with Crippen LogP contribution in [-0.2, 0) is 16.0 Å². The quantitative estimate of drug-likeness (QED) is 0.474. The van der Waals surface area contributed by atoms with Crippen LogP contribution in [0.4, 0.5) is 0 Å². The molecule has 1 rings (SSSR count). The molecule has 3 N–H and O–H groups in total. The predicted molar refractivity (Wildman–Crippen MR) is 94.2 cm³/mol. The number of carbonyl (C=O) groups is 2. The van der Waals surface area contributed by atoms with Gasteiger partial charge in [0.2, 0.25) is 11.8 Å². The number of aryl methyl sites for hydroxylation is 2. The van der Waals surface area contributed by atoms with Gasteiger partial charge in [-0.2, -0.15) is 0 Å². The van der Waals surface area contributed by atoms with Crippen LogP contribution in [0.15, 0.2) is 30.9 Å². The van der Waals surface area contributed by atoms with Gasteiger partial charge < -0.3 is 20.3 Å². The second kappa shape index (κ2) is 9.25. The Balaban J connectivity index is 2.74. The minimum Gasteiger partial charge on any atom is -0.426 e. The molecule has 0 aliphatic carbocycles. The first kappa shape index (κ1) is 19.9. The van der Waals surface area contributed by atoms with Gasteiger partial charge in [-0.05, 0) is 50.0 Å². The Bertz CT molecular complexity index is 604. The maximum absolute atomic E-state index is 12.1. The molecule has 24 heavy (non-hydrogen) atoms. The average molecular weight is 332 g/mol. The van der Waals surface area contributed by atoms with Crippen molar-refractivity contribution in [2.45, 2.75) is 33.1 Å². The van der Waals surface area contributed by atoms with Crippen LogP contribution in [0.3, 0.4) is 0 Å². The Morgan fingerprint density at radius 2 is 2.00 bits per heavy atom. The fourth-order valence-corrected chi connectivity index (χ4v) is 2.32. The smallest absolute Gasteiger partial charge is 0.426 e. The van der Waals surface area contributed by atoms with Crippen molar-refractivity contribution in [1.82, 2.24) is 10.2 Å². The number of rotatable bonds is 8. The van der Waals surface area contributed by atoms with E-state index in [1.54, 1.807) is 6.92 Å². The van der Waals surface area contributed by atoms with Crippen LogP contribution in [-0.4, -0.2) is 52.9 Å². The molecule has 0 fully saturated rings. The molecule has 0 aliphatic rings. The van der Waals surface area contributed by atoms with Gasteiger partial charge >= 0.3 is 7.12 Å². The molecule has 0 saturated carbocycles. The highest BCUT2D eigenvalue weighted by Crippen LogP contribution is 2.12. The molecular formula is C17H25BN2O4. The SMILES string of the molecule is C=CC(=O)N(CC)CC(=O)N[C@@H](Cc1ccc(C)c(C)c1)B(O)O. The van der Waals surface area contributed by atoms with Crippen molar-refractivity contribution in [3.05, 3.63) is 47.5 Å². The lowest BCUT2D eigenvalue weighted by Crippen LogP contribution is -2.51. The van der Waals surface area contributed by atoms with Gasteiger partial charge in [0, 0.05) is 6.54 Å². The Labute approximate surface area is 143 Å². The highest BCUT2D eigenvalue weighted by atomic mass is 16.4. The third kappa shape index (κ3) is 5.83. The van der Waals surface area contributed by atoms with Gasteiger partial charge in [-0.25, -0.2) is 0 Å². The number of likely N-dealkylation sites (N-methyl/N-ethyl adjacent to an activating group) is 1. The first-order valence-electron chi connectivity index (χ1n) is 7.91. The monoisotopic (exact) mass is 332 g/mol. The van der Waals surface area contributed by atoms with E-state index in [1.165, 1.54) is 4.90 Å². The first-order valence-corrected chi connectivity index (χ1v) is 7.91. The van der Waals surface area contributed by atoms with Gasteiger partial charge in [-0.15, -0.1) is 0 Å². The van der Waals surface area contributed by atoms with Gasteiger partial charge in [0.1, 0.15) is 0 Å². The molecule has 0 saturated heterocycles. The molecule has 0 heterocycles. The van der Waals surface area contributed by atoms with E-state index in [0.717, 1.165) is 22.8 Å². The number of hydrogen-bond donors (Lipinski definition) is 3. The fraction of sp³-hybridized carbons (Fsp3) is 0.412. The minimum atomic E-state index is -1.69. The van der Waals surface area contributed by atoms with E-state index in [1.807, 2.05) is 32.0 Å². The zero-order valence-electron chi connectivity index (χ0n) is 14.5. The molecule has 0 spiro atoms. The Kier molecular flexibility index (Phi) is 7.68. The van der Waals surface area contributed by atoms with E-state index in [4.69, 9.17) is 0 Å². The number of amides is 2. The average Bonchev–Trinajstić information content (AvgIpc) is 2.54. The predicted octanol–water partition coefficient (Wildman–Crippen LogP) is 0.377. The summed E-state index contributed by atoms with van der Waals surface area (Å²) in [7, 11) is -1.69. The first-order chi connectivity index (χ1) is 11.3. The Morgan fingerprint density at radius 1 is 1.33 bits per heavy atom. The van der Waals surface area contributed by atoms with Crippen molar-refractivity contribution in [2.75, 3.05) is 13.1 Å². The van der Waals surface area contributed by atoms with Crippen molar-refractivity contribution in [3.63, 3.8) is 0 Å². The molecule has 0 aromatic heterocycles. The molecule has 0 bridgehead atoms. The van der Waals surface area contributed by atoms with E-state index < -0.39 is 19.0 Å². The van der Waals surface area contributed by atoms with Crippen LogP contribution in [0, 0.1) is 13.8 Å². The molecular weight excluding hydrogens is 307 g/mol. The van der Waals surface area contributed by atoms with Crippen molar-refractivity contribution in [2.24, 2.45) is 0 Å². The second-order valence-corrected chi connectivity index (χ2v) is 5.77.